The van der Waals surface area contributed by atoms with Crippen LogP contribution in [0.15, 0.2) is 42.6 Å². The average Bonchev–Trinajstić information content (AvgIpc) is 2.28. The van der Waals surface area contributed by atoms with E-state index in [-0.39, 0.29) is 5.75 Å². The van der Waals surface area contributed by atoms with Gasteiger partial charge in [-0.3, -0.25) is 4.98 Å². The van der Waals surface area contributed by atoms with E-state index in [1.54, 1.807) is 6.07 Å². The molecule has 0 unspecified atom stereocenters. The van der Waals surface area contributed by atoms with Gasteiger partial charge < -0.3 is 4.74 Å². The van der Waals surface area contributed by atoms with Crippen molar-refractivity contribution in [1.82, 2.24) is 4.98 Å². The third kappa shape index (κ3) is 2.96. The summed E-state index contributed by atoms with van der Waals surface area (Å²) in [5, 5.41) is 0. The molecular formula is C12H8F3NO. The molecule has 2 nitrogen and oxygen atoms in total. The lowest BCUT2D eigenvalue weighted by atomic mass is 10.1. The molecule has 1 aromatic heterocycles. The highest BCUT2D eigenvalue weighted by Crippen LogP contribution is 2.22. The van der Waals surface area contributed by atoms with Crippen LogP contribution >= 0.6 is 0 Å². The Kier molecular flexibility index (Phi) is 3.27. The average molecular weight is 239 g/mol. The molecule has 0 radical (unpaired) electrons. The summed E-state index contributed by atoms with van der Waals surface area (Å²) in [5.41, 5.74) is 0.882. The van der Waals surface area contributed by atoms with E-state index in [0.717, 1.165) is 0 Å². The van der Waals surface area contributed by atoms with Crippen LogP contribution in [0.3, 0.4) is 0 Å². The number of ether oxygens (including phenoxy) is 1. The second kappa shape index (κ2) is 4.86. The lowest BCUT2D eigenvalue weighted by Gasteiger charge is -2.06. The Morgan fingerprint density at radius 2 is 1.94 bits per heavy atom. The Labute approximate surface area is 95.7 Å². The summed E-state index contributed by atoms with van der Waals surface area (Å²) < 4.78 is 41.3. The van der Waals surface area contributed by atoms with E-state index in [2.05, 4.69) is 9.72 Å². The van der Waals surface area contributed by atoms with Crippen LogP contribution in [0, 0.1) is 5.82 Å². The summed E-state index contributed by atoms with van der Waals surface area (Å²) in [6.07, 6.45) is 1.33. The van der Waals surface area contributed by atoms with E-state index in [1.165, 1.54) is 36.5 Å². The highest BCUT2D eigenvalue weighted by atomic mass is 19.3. The quantitative estimate of drug-likeness (QED) is 0.817. The molecule has 1 aromatic carbocycles. The van der Waals surface area contributed by atoms with Gasteiger partial charge in [-0.1, -0.05) is 12.1 Å². The van der Waals surface area contributed by atoms with Gasteiger partial charge in [0.15, 0.2) is 0 Å². The molecule has 5 heteroatoms. The summed E-state index contributed by atoms with van der Waals surface area (Å²) in [4.78, 5) is 3.97. The molecule has 0 atom stereocenters. The first-order valence-electron chi connectivity index (χ1n) is 4.82. The SMILES string of the molecule is Fc1cccc(-c2cc(OC(F)F)ccn2)c1. The van der Waals surface area contributed by atoms with E-state index >= 15 is 0 Å². The monoisotopic (exact) mass is 239 g/mol. The number of benzene rings is 1. The Morgan fingerprint density at radius 3 is 2.65 bits per heavy atom. The lowest BCUT2D eigenvalue weighted by Crippen LogP contribution is -2.02. The van der Waals surface area contributed by atoms with Gasteiger partial charge in [0.2, 0.25) is 0 Å². The molecule has 0 aliphatic heterocycles. The smallest absolute Gasteiger partial charge is 0.387 e. The van der Waals surface area contributed by atoms with E-state index in [9.17, 15) is 13.2 Å². The number of pyridine rings is 1. The maximum absolute atomic E-state index is 13.0. The van der Waals surface area contributed by atoms with Gasteiger partial charge in [-0.25, -0.2) is 4.39 Å². The van der Waals surface area contributed by atoms with Gasteiger partial charge in [0.25, 0.3) is 0 Å². The van der Waals surface area contributed by atoms with Crippen molar-refractivity contribution >= 4 is 0 Å². The summed E-state index contributed by atoms with van der Waals surface area (Å²) in [7, 11) is 0. The van der Waals surface area contributed by atoms with Crippen molar-refractivity contribution < 1.29 is 17.9 Å². The molecule has 0 saturated carbocycles. The highest BCUT2D eigenvalue weighted by molar-refractivity contribution is 5.60. The van der Waals surface area contributed by atoms with Crippen LogP contribution in [0.25, 0.3) is 11.3 Å². The van der Waals surface area contributed by atoms with Crippen LogP contribution in [0.1, 0.15) is 0 Å². The van der Waals surface area contributed by atoms with Gasteiger partial charge in [0, 0.05) is 17.8 Å². The van der Waals surface area contributed by atoms with Gasteiger partial charge >= 0.3 is 6.61 Å². The fourth-order valence-electron chi connectivity index (χ4n) is 1.39. The number of rotatable bonds is 3. The number of halogens is 3. The molecule has 2 aromatic rings. The highest BCUT2D eigenvalue weighted by Gasteiger charge is 2.06. The first-order chi connectivity index (χ1) is 8.15. The van der Waals surface area contributed by atoms with Crippen molar-refractivity contribution in [3.05, 3.63) is 48.4 Å². The third-order valence-corrected chi connectivity index (χ3v) is 2.08. The van der Waals surface area contributed by atoms with Gasteiger partial charge in [0.05, 0.1) is 5.69 Å². The number of alkyl halides is 2. The summed E-state index contributed by atoms with van der Waals surface area (Å²) in [5.74, 6) is -0.418. The number of hydrogen-bond acceptors (Lipinski definition) is 2. The topological polar surface area (TPSA) is 22.1 Å². The summed E-state index contributed by atoms with van der Waals surface area (Å²) in [6, 6.07) is 8.37. The molecule has 0 fully saturated rings. The van der Waals surface area contributed by atoms with Crippen molar-refractivity contribution in [3.8, 4) is 17.0 Å². The molecule has 0 aliphatic rings. The fourth-order valence-corrected chi connectivity index (χ4v) is 1.39. The zero-order valence-electron chi connectivity index (χ0n) is 8.61. The lowest BCUT2D eigenvalue weighted by molar-refractivity contribution is -0.0498. The van der Waals surface area contributed by atoms with Crippen molar-refractivity contribution in [1.29, 1.82) is 0 Å². The molecule has 1 heterocycles. The third-order valence-electron chi connectivity index (χ3n) is 2.08. The van der Waals surface area contributed by atoms with E-state index in [1.807, 2.05) is 0 Å². The molecule has 0 bridgehead atoms. The van der Waals surface area contributed by atoms with E-state index < -0.39 is 12.4 Å². The Bertz CT molecular complexity index is 517. The zero-order valence-corrected chi connectivity index (χ0v) is 8.61. The Morgan fingerprint density at radius 1 is 1.12 bits per heavy atom. The van der Waals surface area contributed by atoms with Crippen LogP contribution in [0.5, 0.6) is 5.75 Å². The first kappa shape index (κ1) is 11.4. The van der Waals surface area contributed by atoms with Crippen LogP contribution in [0.4, 0.5) is 13.2 Å². The maximum atomic E-state index is 13.0. The number of nitrogens with zero attached hydrogens (tertiary/aromatic N) is 1. The van der Waals surface area contributed by atoms with E-state index in [4.69, 9.17) is 0 Å². The van der Waals surface area contributed by atoms with Crippen LogP contribution in [-0.2, 0) is 0 Å². The largest absolute Gasteiger partial charge is 0.435 e. The summed E-state index contributed by atoms with van der Waals surface area (Å²) in [6.45, 7) is -2.89. The van der Waals surface area contributed by atoms with E-state index in [0.29, 0.717) is 11.3 Å². The molecule has 17 heavy (non-hydrogen) atoms. The van der Waals surface area contributed by atoms with Crippen LogP contribution < -0.4 is 4.74 Å². The maximum Gasteiger partial charge on any atom is 0.387 e. The van der Waals surface area contributed by atoms with Gasteiger partial charge in [0.1, 0.15) is 11.6 Å². The van der Waals surface area contributed by atoms with Crippen molar-refractivity contribution in [3.63, 3.8) is 0 Å². The predicted molar refractivity (Wildman–Crippen MR) is 56.3 cm³/mol. The molecule has 0 saturated heterocycles. The Balaban J connectivity index is 2.33. The molecule has 0 N–H and O–H groups in total. The second-order valence-corrected chi connectivity index (χ2v) is 3.27. The van der Waals surface area contributed by atoms with Crippen molar-refractivity contribution in [2.75, 3.05) is 0 Å². The molecule has 0 spiro atoms. The van der Waals surface area contributed by atoms with Gasteiger partial charge in [-0.15, -0.1) is 0 Å². The first-order valence-corrected chi connectivity index (χ1v) is 4.82. The predicted octanol–water partition coefficient (Wildman–Crippen LogP) is 3.49. The minimum absolute atomic E-state index is 0.00531. The standard InChI is InChI=1S/C12H8F3NO/c13-9-3-1-2-8(6-9)11-7-10(4-5-16-11)17-12(14)15/h1-7,12H. The van der Waals surface area contributed by atoms with Gasteiger partial charge in [-0.2, -0.15) is 8.78 Å². The molecular weight excluding hydrogens is 231 g/mol. The zero-order chi connectivity index (χ0) is 12.3. The molecule has 2 rings (SSSR count). The molecule has 0 aliphatic carbocycles. The number of hydrogen-bond donors (Lipinski definition) is 0. The van der Waals surface area contributed by atoms with Crippen LogP contribution in [-0.4, -0.2) is 11.6 Å². The second-order valence-electron chi connectivity index (χ2n) is 3.27. The normalized spacial score (nSPS) is 10.6. The van der Waals surface area contributed by atoms with Crippen molar-refractivity contribution in [2.24, 2.45) is 0 Å². The number of aromatic nitrogens is 1. The Hall–Kier alpha value is -2.04. The fraction of sp³-hybridized carbons (Fsp3) is 0.0833. The molecule has 88 valence electrons. The summed E-state index contributed by atoms with van der Waals surface area (Å²) >= 11 is 0. The van der Waals surface area contributed by atoms with Gasteiger partial charge in [-0.05, 0) is 18.2 Å². The molecule has 0 amide bonds. The van der Waals surface area contributed by atoms with Crippen LogP contribution in [0.2, 0.25) is 0 Å². The minimum Gasteiger partial charge on any atom is -0.435 e. The minimum atomic E-state index is -2.89. The van der Waals surface area contributed by atoms with Crippen molar-refractivity contribution in [2.45, 2.75) is 6.61 Å².